The van der Waals surface area contributed by atoms with E-state index in [9.17, 15) is 0 Å². The van der Waals surface area contributed by atoms with Crippen LogP contribution >= 0.6 is 0 Å². The van der Waals surface area contributed by atoms with Crippen LogP contribution in [0.3, 0.4) is 0 Å². The van der Waals surface area contributed by atoms with E-state index < -0.39 is 0 Å². The van der Waals surface area contributed by atoms with Gasteiger partial charge < -0.3 is 10.1 Å². The van der Waals surface area contributed by atoms with E-state index >= 15 is 0 Å². The molecule has 1 aromatic rings. The van der Waals surface area contributed by atoms with E-state index in [2.05, 4.69) is 35.1 Å². The second-order valence-corrected chi connectivity index (χ2v) is 5.05. The Labute approximate surface area is 109 Å². The fourth-order valence-electron chi connectivity index (χ4n) is 2.44. The molecular weight excluding hydrogens is 226 g/mol. The molecular formula is C14H23N3O. The van der Waals surface area contributed by atoms with E-state index in [0.717, 1.165) is 32.7 Å². The standard InChI is InChI=1S/C14H23N3O/c1-12-10-17(11-13(2)18-12)7-6-16-9-14-4-3-5-15-8-14/h3-5,8,12-13,16H,6-7,9-11H2,1-2H3/t12-,13+. The number of aromatic nitrogens is 1. The number of hydrogen-bond donors (Lipinski definition) is 1. The molecule has 1 saturated heterocycles. The molecule has 2 heterocycles. The van der Waals surface area contributed by atoms with E-state index in [4.69, 9.17) is 4.74 Å². The van der Waals surface area contributed by atoms with Gasteiger partial charge in [0.25, 0.3) is 0 Å². The summed E-state index contributed by atoms with van der Waals surface area (Å²) in [5.41, 5.74) is 1.24. The van der Waals surface area contributed by atoms with Crippen molar-refractivity contribution in [2.24, 2.45) is 0 Å². The molecule has 1 aromatic heterocycles. The number of nitrogens with one attached hydrogen (secondary N) is 1. The third-order valence-electron chi connectivity index (χ3n) is 3.15. The maximum absolute atomic E-state index is 5.72. The molecule has 2 atom stereocenters. The lowest BCUT2D eigenvalue weighted by Gasteiger charge is -2.35. The Morgan fingerprint density at radius 3 is 2.83 bits per heavy atom. The van der Waals surface area contributed by atoms with Gasteiger partial charge in [-0.25, -0.2) is 0 Å². The Bertz CT molecular complexity index is 334. The Kier molecular flexibility index (Phi) is 5.11. The van der Waals surface area contributed by atoms with E-state index in [-0.39, 0.29) is 0 Å². The first-order chi connectivity index (χ1) is 8.74. The highest BCUT2D eigenvalue weighted by molar-refractivity contribution is 5.07. The number of rotatable bonds is 5. The van der Waals surface area contributed by atoms with Gasteiger partial charge in [-0.15, -0.1) is 0 Å². The minimum atomic E-state index is 0.354. The van der Waals surface area contributed by atoms with Crippen molar-refractivity contribution >= 4 is 0 Å². The average Bonchev–Trinajstić information content (AvgIpc) is 2.35. The highest BCUT2D eigenvalue weighted by Crippen LogP contribution is 2.09. The van der Waals surface area contributed by atoms with Crippen LogP contribution in [0.5, 0.6) is 0 Å². The fourth-order valence-corrected chi connectivity index (χ4v) is 2.44. The molecule has 0 amide bonds. The van der Waals surface area contributed by atoms with Crippen LogP contribution in [0.25, 0.3) is 0 Å². The highest BCUT2D eigenvalue weighted by atomic mass is 16.5. The third-order valence-corrected chi connectivity index (χ3v) is 3.15. The van der Waals surface area contributed by atoms with Crippen molar-refractivity contribution in [1.82, 2.24) is 15.2 Å². The van der Waals surface area contributed by atoms with Gasteiger partial charge in [0.15, 0.2) is 0 Å². The zero-order valence-electron chi connectivity index (χ0n) is 11.3. The van der Waals surface area contributed by atoms with Gasteiger partial charge in [0.1, 0.15) is 0 Å². The van der Waals surface area contributed by atoms with Gasteiger partial charge in [0.05, 0.1) is 12.2 Å². The summed E-state index contributed by atoms with van der Waals surface area (Å²) >= 11 is 0. The number of ether oxygens (including phenoxy) is 1. The first-order valence-corrected chi connectivity index (χ1v) is 6.71. The summed E-state index contributed by atoms with van der Waals surface area (Å²) < 4.78 is 5.72. The first-order valence-electron chi connectivity index (χ1n) is 6.71. The molecule has 4 nitrogen and oxygen atoms in total. The van der Waals surface area contributed by atoms with Crippen molar-refractivity contribution in [3.63, 3.8) is 0 Å². The SMILES string of the molecule is C[C@@H]1CN(CCNCc2cccnc2)C[C@H](C)O1. The maximum atomic E-state index is 5.72. The minimum Gasteiger partial charge on any atom is -0.373 e. The van der Waals surface area contributed by atoms with Gasteiger partial charge in [-0.1, -0.05) is 6.07 Å². The smallest absolute Gasteiger partial charge is 0.0678 e. The molecule has 2 rings (SSSR count). The quantitative estimate of drug-likeness (QED) is 0.798. The number of nitrogens with zero attached hydrogens (tertiary/aromatic N) is 2. The van der Waals surface area contributed by atoms with Gasteiger partial charge in [-0.3, -0.25) is 9.88 Å². The summed E-state index contributed by atoms with van der Waals surface area (Å²) in [6, 6.07) is 4.07. The predicted molar refractivity (Wildman–Crippen MR) is 72.4 cm³/mol. The molecule has 0 aromatic carbocycles. The molecule has 100 valence electrons. The number of hydrogen-bond acceptors (Lipinski definition) is 4. The van der Waals surface area contributed by atoms with E-state index in [0.29, 0.717) is 12.2 Å². The van der Waals surface area contributed by atoms with Crippen LogP contribution in [0.15, 0.2) is 24.5 Å². The molecule has 1 aliphatic rings. The Balaban J connectivity index is 1.63. The van der Waals surface area contributed by atoms with Crippen LogP contribution in [-0.4, -0.2) is 48.3 Å². The lowest BCUT2D eigenvalue weighted by molar-refractivity contribution is -0.0674. The van der Waals surface area contributed by atoms with Gasteiger partial charge in [-0.05, 0) is 25.5 Å². The monoisotopic (exact) mass is 249 g/mol. The number of pyridine rings is 1. The summed E-state index contributed by atoms with van der Waals surface area (Å²) in [4.78, 5) is 6.57. The lowest BCUT2D eigenvalue weighted by atomic mass is 10.2. The molecule has 0 spiro atoms. The average molecular weight is 249 g/mol. The zero-order valence-corrected chi connectivity index (χ0v) is 11.3. The van der Waals surface area contributed by atoms with Crippen molar-refractivity contribution in [1.29, 1.82) is 0 Å². The molecule has 0 aliphatic carbocycles. The molecule has 0 radical (unpaired) electrons. The summed E-state index contributed by atoms with van der Waals surface area (Å²) in [6.45, 7) is 9.35. The fraction of sp³-hybridized carbons (Fsp3) is 0.643. The number of morpholine rings is 1. The lowest BCUT2D eigenvalue weighted by Crippen LogP contribution is -2.47. The summed E-state index contributed by atoms with van der Waals surface area (Å²) in [5.74, 6) is 0. The Hall–Kier alpha value is -0.970. The van der Waals surface area contributed by atoms with Crippen molar-refractivity contribution in [3.05, 3.63) is 30.1 Å². The van der Waals surface area contributed by atoms with Gasteiger partial charge in [0.2, 0.25) is 0 Å². The predicted octanol–water partition coefficient (Wildman–Crippen LogP) is 1.28. The molecule has 4 heteroatoms. The van der Waals surface area contributed by atoms with Crippen LogP contribution in [0.2, 0.25) is 0 Å². The molecule has 0 unspecified atom stereocenters. The van der Waals surface area contributed by atoms with Crippen LogP contribution in [0.4, 0.5) is 0 Å². The first kappa shape index (κ1) is 13.5. The molecule has 1 fully saturated rings. The van der Waals surface area contributed by atoms with Crippen molar-refractivity contribution in [2.75, 3.05) is 26.2 Å². The second kappa shape index (κ2) is 6.83. The normalized spacial score (nSPS) is 25.2. The molecule has 0 bridgehead atoms. The maximum Gasteiger partial charge on any atom is 0.0678 e. The molecule has 18 heavy (non-hydrogen) atoms. The molecule has 0 saturated carbocycles. The van der Waals surface area contributed by atoms with Crippen LogP contribution in [0.1, 0.15) is 19.4 Å². The Morgan fingerprint density at radius 2 is 2.17 bits per heavy atom. The minimum absolute atomic E-state index is 0.354. The van der Waals surface area contributed by atoms with E-state index in [1.807, 2.05) is 12.3 Å². The molecule has 1 N–H and O–H groups in total. The van der Waals surface area contributed by atoms with E-state index in [1.54, 1.807) is 6.20 Å². The highest BCUT2D eigenvalue weighted by Gasteiger charge is 2.21. The van der Waals surface area contributed by atoms with Gasteiger partial charge in [0, 0.05) is 45.1 Å². The van der Waals surface area contributed by atoms with Crippen LogP contribution in [0, 0.1) is 0 Å². The van der Waals surface area contributed by atoms with Crippen LogP contribution < -0.4 is 5.32 Å². The van der Waals surface area contributed by atoms with Crippen molar-refractivity contribution in [2.45, 2.75) is 32.6 Å². The summed E-state index contributed by atoms with van der Waals surface area (Å²) in [7, 11) is 0. The largest absolute Gasteiger partial charge is 0.373 e. The second-order valence-electron chi connectivity index (χ2n) is 5.05. The van der Waals surface area contributed by atoms with Crippen LogP contribution in [-0.2, 0) is 11.3 Å². The molecule has 1 aliphatic heterocycles. The van der Waals surface area contributed by atoms with Gasteiger partial charge in [-0.2, -0.15) is 0 Å². The topological polar surface area (TPSA) is 37.4 Å². The summed E-state index contributed by atoms with van der Waals surface area (Å²) in [5, 5.41) is 3.46. The Morgan fingerprint density at radius 1 is 1.39 bits per heavy atom. The zero-order chi connectivity index (χ0) is 12.8. The van der Waals surface area contributed by atoms with Crippen molar-refractivity contribution in [3.8, 4) is 0 Å². The van der Waals surface area contributed by atoms with E-state index in [1.165, 1.54) is 5.56 Å². The van der Waals surface area contributed by atoms with Crippen molar-refractivity contribution < 1.29 is 4.74 Å². The third kappa shape index (κ3) is 4.37. The summed E-state index contributed by atoms with van der Waals surface area (Å²) in [6.07, 6.45) is 4.42. The van der Waals surface area contributed by atoms with Gasteiger partial charge >= 0.3 is 0 Å².